The average molecular weight is 368 g/mol. The topological polar surface area (TPSA) is 77.0 Å². The van der Waals surface area contributed by atoms with Crippen LogP contribution in [0.5, 0.6) is 5.75 Å². The van der Waals surface area contributed by atoms with Crippen molar-refractivity contribution in [1.82, 2.24) is 5.43 Å². The van der Waals surface area contributed by atoms with Gasteiger partial charge in [0.1, 0.15) is 11.4 Å². The Balaban J connectivity index is 1.77. The van der Waals surface area contributed by atoms with Crippen molar-refractivity contribution in [2.75, 3.05) is 6.61 Å². The third-order valence-corrected chi connectivity index (χ3v) is 3.27. The highest BCUT2D eigenvalue weighted by Crippen LogP contribution is 2.12. The summed E-state index contributed by atoms with van der Waals surface area (Å²) in [5.41, 5.74) is 3.68. The number of carbonyl (C=O) groups is 2. The van der Waals surface area contributed by atoms with Gasteiger partial charge in [0.2, 0.25) is 5.91 Å². The van der Waals surface area contributed by atoms with E-state index in [1.165, 1.54) is 0 Å². The lowest BCUT2D eigenvalue weighted by molar-refractivity contribution is -0.157. The molecule has 0 saturated carbocycles. The van der Waals surface area contributed by atoms with Gasteiger partial charge in [0, 0.05) is 0 Å². The summed E-state index contributed by atoms with van der Waals surface area (Å²) in [4.78, 5) is 23.4. The van der Waals surface area contributed by atoms with Crippen LogP contribution in [0.2, 0.25) is 0 Å². The van der Waals surface area contributed by atoms with Crippen LogP contribution in [0.4, 0.5) is 0 Å². The molecule has 0 aliphatic carbocycles. The molecule has 2 aromatic rings. The number of rotatable bonds is 7. The van der Waals surface area contributed by atoms with Crippen molar-refractivity contribution in [3.63, 3.8) is 0 Å². The van der Waals surface area contributed by atoms with E-state index in [2.05, 4.69) is 10.5 Å². The van der Waals surface area contributed by atoms with E-state index in [1.807, 2.05) is 30.3 Å². The Bertz CT molecular complexity index is 778. The van der Waals surface area contributed by atoms with Crippen LogP contribution in [0.3, 0.4) is 0 Å². The number of hydrazone groups is 1. The number of hydrogen-bond acceptors (Lipinski definition) is 5. The minimum absolute atomic E-state index is 0.153. The van der Waals surface area contributed by atoms with E-state index in [1.54, 1.807) is 51.3 Å². The highest BCUT2D eigenvalue weighted by atomic mass is 16.6. The molecule has 0 fully saturated rings. The molecule has 1 N–H and O–H groups in total. The summed E-state index contributed by atoms with van der Waals surface area (Å²) in [6.45, 7) is 5.26. The molecule has 142 valence electrons. The van der Waals surface area contributed by atoms with Crippen LogP contribution >= 0.6 is 0 Å². The van der Waals surface area contributed by atoms with Crippen molar-refractivity contribution in [1.29, 1.82) is 0 Å². The van der Waals surface area contributed by atoms with Crippen molar-refractivity contribution >= 4 is 18.1 Å². The molecule has 27 heavy (non-hydrogen) atoms. The molecule has 2 rings (SSSR count). The van der Waals surface area contributed by atoms with Crippen molar-refractivity contribution in [2.24, 2.45) is 5.10 Å². The first kappa shape index (κ1) is 20.2. The number of nitrogens with one attached hydrogen (secondary N) is 1. The largest absolute Gasteiger partial charge is 0.482 e. The molecule has 0 radical (unpaired) electrons. The molecule has 0 spiro atoms. The second kappa shape index (κ2) is 9.52. The lowest BCUT2D eigenvalue weighted by Gasteiger charge is -2.19. The first-order valence-electron chi connectivity index (χ1n) is 8.62. The molecule has 1 amide bonds. The van der Waals surface area contributed by atoms with Crippen LogP contribution in [0, 0.1) is 0 Å². The SMILES string of the molecule is CC(C)(C)OC(=O)COc1ccc(/C=N\NC(=O)Cc2ccccc2)cc1. The zero-order valence-electron chi connectivity index (χ0n) is 15.8. The van der Waals surface area contributed by atoms with Gasteiger partial charge in [-0.3, -0.25) is 4.79 Å². The maximum Gasteiger partial charge on any atom is 0.344 e. The Morgan fingerprint density at radius 1 is 1.04 bits per heavy atom. The Hall–Kier alpha value is -3.15. The maximum absolute atomic E-state index is 11.8. The van der Waals surface area contributed by atoms with Gasteiger partial charge < -0.3 is 9.47 Å². The smallest absolute Gasteiger partial charge is 0.344 e. The minimum Gasteiger partial charge on any atom is -0.482 e. The van der Waals surface area contributed by atoms with Crippen molar-refractivity contribution < 1.29 is 19.1 Å². The second-order valence-electron chi connectivity index (χ2n) is 6.90. The van der Waals surface area contributed by atoms with Crippen LogP contribution in [-0.2, 0) is 20.7 Å². The zero-order valence-corrected chi connectivity index (χ0v) is 15.8. The van der Waals surface area contributed by atoms with Gasteiger partial charge in [0.25, 0.3) is 0 Å². The molecule has 0 aliphatic heterocycles. The van der Waals surface area contributed by atoms with Gasteiger partial charge in [0.05, 0.1) is 12.6 Å². The highest BCUT2D eigenvalue weighted by Gasteiger charge is 2.16. The van der Waals surface area contributed by atoms with Gasteiger partial charge in [-0.1, -0.05) is 30.3 Å². The number of nitrogens with zero attached hydrogens (tertiary/aromatic N) is 1. The van der Waals surface area contributed by atoms with Crippen molar-refractivity contribution in [3.8, 4) is 5.75 Å². The molecular weight excluding hydrogens is 344 g/mol. The molecule has 0 atom stereocenters. The fourth-order valence-electron chi connectivity index (χ4n) is 2.16. The van der Waals surface area contributed by atoms with Gasteiger partial charge in [0.15, 0.2) is 6.61 Å². The number of amides is 1. The third-order valence-electron chi connectivity index (χ3n) is 3.27. The quantitative estimate of drug-likeness (QED) is 0.463. The maximum atomic E-state index is 11.8. The lowest BCUT2D eigenvalue weighted by atomic mass is 10.1. The van der Waals surface area contributed by atoms with E-state index in [-0.39, 0.29) is 18.9 Å². The normalized spacial score (nSPS) is 11.2. The van der Waals surface area contributed by atoms with Gasteiger partial charge >= 0.3 is 5.97 Å². The summed E-state index contributed by atoms with van der Waals surface area (Å²) in [6, 6.07) is 16.4. The van der Waals surface area contributed by atoms with E-state index >= 15 is 0 Å². The molecule has 0 aromatic heterocycles. The summed E-state index contributed by atoms with van der Waals surface area (Å²) in [6.07, 6.45) is 1.82. The van der Waals surface area contributed by atoms with Crippen LogP contribution in [0.1, 0.15) is 31.9 Å². The number of ether oxygens (including phenoxy) is 2. The van der Waals surface area contributed by atoms with Crippen LogP contribution in [0.25, 0.3) is 0 Å². The fraction of sp³-hybridized carbons (Fsp3) is 0.286. The standard InChI is InChI=1S/C21H24N2O4/c1-21(2,3)27-20(25)15-26-18-11-9-17(10-12-18)14-22-23-19(24)13-16-7-5-4-6-8-16/h4-12,14H,13,15H2,1-3H3,(H,23,24)/b22-14-. The van der Waals surface area contributed by atoms with Gasteiger partial charge in [-0.25, -0.2) is 10.2 Å². The molecule has 6 nitrogen and oxygen atoms in total. The van der Waals surface area contributed by atoms with Gasteiger partial charge in [-0.15, -0.1) is 0 Å². The minimum atomic E-state index is -0.536. The zero-order chi connectivity index (χ0) is 19.7. The third kappa shape index (κ3) is 8.18. The first-order valence-corrected chi connectivity index (χ1v) is 8.62. The number of carbonyl (C=O) groups excluding carboxylic acids is 2. The van der Waals surface area contributed by atoms with Crippen LogP contribution < -0.4 is 10.2 Å². The predicted octanol–water partition coefficient (Wildman–Crippen LogP) is 3.10. The molecule has 0 bridgehead atoms. The summed E-state index contributed by atoms with van der Waals surface area (Å²) < 4.78 is 10.6. The summed E-state index contributed by atoms with van der Waals surface area (Å²) in [5.74, 6) is -0.0600. The van der Waals surface area contributed by atoms with E-state index in [0.717, 1.165) is 11.1 Å². The molecule has 0 unspecified atom stereocenters. The van der Waals surface area contributed by atoms with E-state index in [4.69, 9.17) is 9.47 Å². The molecule has 0 aliphatic rings. The second-order valence-corrected chi connectivity index (χ2v) is 6.90. The van der Waals surface area contributed by atoms with E-state index < -0.39 is 11.6 Å². The molecule has 2 aromatic carbocycles. The Kier molecular flexibility index (Phi) is 7.11. The Morgan fingerprint density at radius 3 is 2.33 bits per heavy atom. The summed E-state index contributed by atoms with van der Waals surface area (Å²) in [5, 5.41) is 3.94. The number of benzene rings is 2. The predicted molar refractivity (Wildman–Crippen MR) is 104 cm³/mol. The Labute approximate surface area is 159 Å². The van der Waals surface area contributed by atoms with Crippen molar-refractivity contribution in [3.05, 3.63) is 65.7 Å². The summed E-state index contributed by atoms with van der Waals surface area (Å²) in [7, 11) is 0. The summed E-state index contributed by atoms with van der Waals surface area (Å²) >= 11 is 0. The molecule has 0 saturated heterocycles. The van der Waals surface area contributed by atoms with Crippen LogP contribution in [-0.4, -0.2) is 30.3 Å². The fourth-order valence-corrected chi connectivity index (χ4v) is 2.16. The molecule has 6 heteroatoms. The van der Waals surface area contributed by atoms with Crippen LogP contribution in [0.15, 0.2) is 59.7 Å². The van der Waals surface area contributed by atoms with Crippen molar-refractivity contribution in [2.45, 2.75) is 32.8 Å². The molecular formula is C21H24N2O4. The van der Waals surface area contributed by atoms with E-state index in [0.29, 0.717) is 5.75 Å². The monoisotopic (exact) mass is 368 g/mol. The van der Waals surface area contributed by atoms with Gasteiger partial charge in [-0.05, 0) is 56.2 Å². The first-order chi connectivity index (χ1) is 12.8. The van der Waals surface area contributed by atoms with Gasteiger partial charge in [-0.2, -0.15) is 5.10 Å². The molecule has 0 heterocycles. The Morgan fingerprint density at radius 2 is 1.70 bits per heavy atom. The highest BCUT2D eigenvalue weighted by molar-refractivity contribution is 5.83. The van der Waals surface area contributed by atoms with E-state index in [9.17, 15) is 9.59 Å². The average Bonchev–Trinajstić information content (AvgIpc) is 2.60. The number of esters is 1. The number of hydrogen-bond donors (Lipinski definition) is 1. The lowest BCUT2D eigenvalue weighted by Crippen LogP contribution is -2.27.